The third-order valence-corrected chi connectivity index (χ3v) is 4.78. The summed E-state index contributed by atoms with van der Waals surface area (Å²) in [5.41, 5.74) is 1.20. The van der Waals surface area contributed by atoms with Crippen molar-refractivity contribution in [3.05, 3.63) is 47.5 Å². The van der Waals surface area contributed by atoms with Crippen LogP contribution in [0.5, 0.6) is 23.0 Å². The Labute approximate surface area is 212 Å². The molecule has 0 atom stereocenters. The van der Waals surface area contributed by atoms with E-state index in [-0.39, 0.29) is 11.5 Å². The minimum Gasteiger partial charge on any atom is -0.507 e. The van der Waals surface area contributed by atoms with Crippen LogP contribution in [0.2, 0.25) is 0 Å². The van der Waals surface area contributed by atoms with Crippen molar-refractivity contribution in [3.8, 4) is 23.0 Å². The summed E-state index contributed by atoms with van der Waals surface area (Å²) in [6.45, 7) is 4.72. The van der Waals surface area contributed by atoms with Crippen LogP contribution in [0.4, 0.5) is 0 Å². The number of phenolic OH excluding ortho intramolecular Hbond substituents is 2. The van der Waals surface area contributed by atoms with Gasteiger partial charge >= 0.3 is 0 Å². The number of hydrogen-bond donors (Lipinski definition) is 2. The van der Waals surface area contributed by atoms with Crippen LogP contribution < -0.4 is 9.47 Å². The fourth-order valence-electron chi connectivity index (χ4n) is 2.85. The molecule has 0 aromatic heterocycles. The first-order chi connectivity index (χ1) is 17.6. The number of benzene rings is 2. The second kappa shape index (κ2) is 18.1. The van der Waals surface area contributed by atoms with E-state index in [0.29, 0.717) is 88.6 Å². The summed E-state index contributed by atoms with van der Waals surface area (Å²) < 4.78 is 32.1. The summed E-state index contributed by atoms with van der Waals surface area (Å²) in [4.78, 5) is 8.48. The molecule has 0 bridgehead atoms. The smallest absolute Gasteiger partial charge is 0.124 e. The van der Waals surface area contributed by atoms with Crippen molar-refractivity contribution < 1.29 is 38.6 Å². The molecule has 0 heterocycles. The standard InChI is InChI=1S/C26H36N2O8/c1-31-23-3-5-25(29)21(17-23)19-27-7-9-33-11-13-35-15-16-36-14-12-34-10-8-28-20-22-18-24(32-2)4-6-26(22)30/h3-6,17-20,29-30H,7-16H2,1-2H3. The molecule has 10 heteroatoms. The van der Waals surface area contributed by atoms with E-state index in [1.54, 1.807) is 63.0 Å². The number of ether oxygens (including phenoxy) is 6. The molecule has 0 aliphatic rings. The summed E-state index contributed by atoms with van der Waals surface area (Å²) in [6, 6.07) is 9.95. The Hall–Kier alpha value is -3.18. The molecule has 0 unspecified atom stereocenters. The van der Waals surface area contributed by atoms with Gasteiger partial charge in [-0.1, -0.05) is 0 Å². The number of aliphatic imine (C=N–C) groups is 2. The summed E-state index contributed by atoms with van der Waals surface area (Å²) >= 11 is 0. The Balaban J connectivity index is 1.37. The Kier molecular flexibility index (Phi) is 14.6. The highest BCUT2D eigenvalue weighted by Crippen LogP contribution is 2.21. The normalized spacial score (nSPS) is 11.5. The largest absolute Gasteiger partial charge is 0.507 e. The van der Waals surface area contributed by atoms with Gasteiger partial charge in [-0.25, -0.2) is 0 Å². The fraction of sp³-hybridized carbons (Fsp3) is 0.462. The first-order valence-corrected chi connectivity index (χ1v) is 11.7. The monoisotopic (exact) mass is 504 g/mol. The molecule has 0 aliphatic carbocycles. The van der Waals surface area contributed by atoms with Gasteiger partial charge in [-0.3, -0.25) is 9.98 Å². The Morgan fingerprint density at radius 1 is 0.583 bits per heavy atom. The number of hydrogen-bond acceptors (Lipinski definition) is 10. The van der Waals surface area contributed by atoms with Gasteiger partial charge in [-0.05, 0) is 36.4 Å². The summed E-state index contributed by atoms with van der Waals surface area (Å²) in [5.74, 6) is 1.62. The van der Waals surface area contributed by atoms with E-state index < -0.39 is 0 Å². The van der Waals surface area contributed by atoms with E-state index in [4.69, 9.17) is 28.4 Å². The molecule has 2 aromatic rings. The van der Waals surface area contributed by atoms with Crippen LogP contribution in [0.25, 0.3) is 0 Å². The molecule has 0 fully saturated rings. The molecule has 0 saturated heterocycles. The van der Waals surface area contributed by atoms with Crippen molar-refractivity contribution in [2.45, 2.75) is 0 Å². The van der Waals surface area contributed by atoms with Crippen LogP contribution in [0.3, 0.4) is 0 Å². The number of phenols is 2. The third kappa shape index (κ3) is 12.0. The molecule has 198 valence electrons. The summed E-state index contributed by atoms with van der Waals surface area (Å²) in [6.07, 6.45) is 3.19. The Morgan fingerprint density at radius 2 is 0.944 bits per heavy atom. The van der Waals surface area contributed by atoms with Crippen LogP contribution >= 0.6 is 0 Å². The fourth-order valence-corrected chi connectivity index (χ4v) is 2.85. The molecular formula is C26H36N2O8. The van der Waals surface area contributed by atoms with Gasteiger partial charge < -0.3 is 38.6 Å². The zero-order valence-corrected chi connectivity index (χ0v) is 20.9. The van der Waals surface area contributed by atoms with Crippen LogP contribution in [-0.4, -0.2) is 103 Å². The van der Waals surface area contributed by atoms with Crippen molar-refractivity contribution >= 4 is 12.4 Å². The van der Waals surface area contributed by atoms with E-state index in [9.17, 15) is 10.2 Å². The lowest BCUT2D eigenvalue weighted by Gasteiger charge is -2.07. The number of rotatable bonds is 19. The molecule has 2 N–H and O–H groups in total. The van der Waals surface area contributed by atoms with Gasteiger partial charge in [0.05, 0.1) is 80.2 Å². The lowest BCUT2D eigenvalue weighted by molar-refractivity contribution is -0.0000824. The summed E-state index contributed by atoms with van der Waals surface area (Å²) in [7, 11) is 3.14. The zero-order chi connectivity index (χ0) is 25.8. The predicted octanol–water partition coefficient (Wildman–Crippen LogP) is 2.72. The van der Waals surface area contributed by atoms with E-state index in [1.807, 2.05) is 0 Å². The maximum atomic E-state index is 9.80. The highest BCUT2D eigenvalue weighted by molar-refractivity contribution is 5.84. The molecule has 0 saturated carbocycles. The highest BCUT2D eigenvalue weighted by Gasteiger charge is 2.01. The minimum atomic E-state index is 0.152. The second-order valence-electron chi connectivity index (χ2n) is 7.37. The quantitative estimate of drug-likeness (QED) is 0.221. The van der Waals surface area contributed by atoms with Gasteiger partial charge in [0.15, 0.2) is 0 Å². The molecule has 2 aromatic carbocycles. The number of methoxy groups -OCH3 is 2. The number of aromatic hydroxyl groups is 2. The molecule has 0 amide bonds. The van der Waals surface area contributed by atoms with Crippen LogP contribution in [0, 0.1) is 0 Å². The molecule has 36 heavy (non-hydrogen) atoms. The van der Waals surface area contributed by atoms with Gasteiger partial charge in [-0.15, -0.1) is 0 Å². The Bertz CT molecular complexity index is 861. The molecule has 0 radical (unpaired) electrons. The second-order valence-corrected chi connectivity index (χ2v) is 7.37. The number of nitrogens with zero attached hydrogens (tertiary/aromatic N) is 2. The average Bonchev–Trinajstić information content (AvgIpc) is 2.89. The van der Waals surface area contributed by atoms with E-state index >= 15 is 0 Å². The SMILES string of the molecule is COc1ccc(O)c(C=NCCOCCOCCOCCOCCN=Cc2cc(OC)ccc2O)c1. The van der Waals surface area contributed by atoms with Crippen molar-refractivity contribution in [1.29, 1.82) is 0 Å². The van der Waals surface area contributed by atoms with E-state index in [2.05, 4.69) is 9.98 Å². The van der Waals surface area contributed by atoms with Gasteiger partial charge in [0.2, 0.25) is 0 Å². The van der Waals surface area contributed by atoms with Crippen LogP contribution in [0.1, 0.15) is 11.1 Å². The lowest BCUT2D eigenvalue weighted by Crippen LogP contribution is -2.13. The van der Waals surface area contributed by atoms with Crippen molar-refractivity contribution in [1.82, 2.24) is 0 Å². The maximum absolute atomic E-state index is 9.80. The molecule has 0 aliphatic heterocycles. The molecule has 10 nitrogen and oxygen atoms in total. The van der Waals surface area contributed by atoms with Crippen LogP contribution in [-0.2, 0) is 18.9 Å². The van der Waals surface area contributed by atoms with Gasteiger partial charge in [0, 0.05) is 23.6 Å². The van der Waals surface area contributed by atoms with Crippen molar-refractivity contribution in [2.24, 2.45) is 9.98 Å². The van der Waals surface area contributed by atoms with Gasteiger partial charge in [0.1, 0.15) is 23.0 Å². The topological polar surface area (TPSA) is 121 Å². The maximum Gasteiger partial charge on any atom is 0.124 e. The summed E-state index contributed by atoms with van der Waals surface area (Å²) in [5, 5.41) is 19.6. The van der Waals surface area contributed by atoms with E-state index in [1.165, 1.54) is 0 Å². The third-order valence-electron chi connectivity index (χ3n) is 4.78. The van der Waals surface area contributed by atoms with Gasteiger partial charge in [-0.2, -0.15) is 0 Å². The van der Waals surface area contributed by atoms with Crippen molar-refractivity contribution in [3.63, 3.8) is 0 Å². The molecule has 0 spiro atoms. The van der Waals surface area contributed by atoms with Crippen LogP contribution in [0.15, 0.2) is 46.4 Å². The minimum absolute atomic E-state index is 0.152. The van der Waals surface area contributed by atoms with E-state index in [0.717, 1.165) is 0 Å². The highest BCUT2D eigenvalue weighted by atomic mass is 16.6. The van der Waals surface area contributed by atoms with Crippen molar-refractivity contribution in [2.75, 3.05) is 80.2 Å². The molecular weight excluding hydrogens is 468 g/mol. The van der Waals surface area contributed by atoms with Gasteiger partial charge in [0.25, 0.3) is 0 Å². The lowest BCUT2D eigenvalue weighted by atomic mass is 10.2. The molecule has 2 rings (SSSR count). The predicted molar refractivity (Wildman–Crippen MR) is 138 cm³/mol. The first-order valence-electron chi connectivity index (χ1n) is 11.7. The Morgan fingerprint density at radius 3 is 1.31 bits per heavy atom. The first kappa shape index (κ1) is 29.1. The zero-order valence-electron chi connectivity index (χ0n) is 20.9. The average molecular weight is 505 g/mol.